The van der Waals surface area contributed by atoms with E-state index in [0.29, 0.717) is 17.7 Å². The summed E-state index contributed by atoms with van der Waals surface area (Å²) in [5.74, 6) is -0.133. The van der Waals surface area contributed by atoms with E-state index in [9.17, 15) is 9.59 Å². The van der Waals surface area contributed by atoms with Crippen LogP contribution in [0.15, 0.2) is 48.5 Å². The number of hydrogen-bond acceptors (Lipinski definition) is 3. The van der Waals surface area contributed by atoms with Crippen molar-refractivity contribution < 1.29 is 9.59 Å². The van der Waals surface area contributed by atoms with E-state index in [2.05, 4.69) is 36.5 Å². The maximum absolute atomic E-state index is 13.2. The van der Waals surface area contributed by atoms with Crippen molar-refractivity contribution in [2.75, 3.05) is 33.7 Å². The highest BCUT2D eigenvalue weighted by Gasteiger charge is 2.29. The lowest BCUT2D eigenvalue weighted by atomic mass is 9.99. The molecule has 150 valence electrons. The highest BCUT2D eigenvalue weighted by Crippen LogP contribution is 2.25. The molecule has 1 aliphatic heterocycles. The van der Waals surface area contributed by atoms with Crippen molar-refractivity contribution in [2.45, 2.75) is 19.4 Å². The number of benzene rings is 2. The van der Waals surface area contributed by atoms with E-state index in [1.54, 1.807) is 38.4 Å². The van der Waals surface area contributed by atoms with Gasteiger partial charge in [0.05, 0.1) is 6.04 Å². The molecule has 3 rings (SSSR count). The van der Waals surface area contributed by atoms with Crippen molar-refractivity contribution in [1.29, 1.82) is 0 Å². The summed E-state index contributed by atoms with van der Waals surface area (Å²) in [7, 11) is 3.42. The summed E-state index contributed by atoms with van der Waals surface area (Å²) < 4.78 is 0. The van der Waals surface area contributed by atoms with Gasteiger partial charge in [-0.1, -0.05) is 37.3 Å². The Labute approximate surface area is 173 Å². The van der Waals surface area contributed by atoms with E-state index in [1.165, 1.54) is 10.5 Å². The van der Waals surface area contributed by atoms with Crippen LogP contribution in [0, 0.1) is 0 Å². The Morgan fingerprint density at radius 1 is 1.11 bits per heavy atom. The molecule has 0 bridgehead atoms. The van der Waals surface area contributed by atoms with Crippen molar-refractivity contribution in [3.8, 4) is 0 Å². The number of nitrogens with one attached hydrogen (secondary N) is 1. The Kier molecular flexibility index (Phi) is 7.61. The van der Waals surface area contributed by atoms with Crippen molar-refractivity contribution in [2.24, 2.45) is 0 Å². The second-order valence-corrected chi connectivity index (χ2v) is 7.09. The standard InChI is InChI=1S/C22H27N3O2.ClH/c1-4-16-8-10-17(11-9-16)20-15-23-12-13-25(20)22(27)19-7-5-6-18(14-19)21(26)24(2)3;/h5-11,14,20,23H,4,12-13,15H2,1-3H3;1H. The Morgan fingerprint density at radius 3 is 2.43 bits per heavy atom. The minimum Gasteiger partial charge on any atom is -0.345 e. The highest BCUT2D eigenvalue weighted by atomic mass is 35.5. The number of hydrogen-bond donors (Lipinski definition) is 1. The van der Waals surface area contributed by atoms with Crippen LogP contribution in [0.1, 0.15) is 44.8 Å². The first-order chi connectivity index (χ1) is 13.0. The van der Waals surface area contributed by atoms with Gasteiger partial charge >= 0.3 is 0 Å². The van der Waals surface area contributed by atoms with E-state index >= 15 is 0 Å². The van der Waals surface area contributed by atoms with Gasteiger partial charge in [0.25, 0.3) is 11.8 Å². The van der Waals surface area contributed by atoms with Crippen LogP contribution in [0.4, 0.5) is 0 Å². The van der Waals surface area contributed by atoms with Crippen LogP contribution < -0.4 is 5.32 Å². The fourth-order valence-corrected chi connectivity index (χ4v) is 3.43. The maximum Gasteiger partial charge on any atom is 0.254 e. The molecule has 2 aromatic rings. The lowest BCUT2D eigenvalue weighted by molar-refractivity contribution is 0.0634. The van der Waals surface area contributed by atoms with Gasteiger partial charge in [-0.15, -0.1) is 12.4 Å². The zero-order valence-corrected chi connectivity index (χ0v) is 17.5. The molecule has 0 aliphatic carbocycles. The zero-order chi connectivity index (χ0) is 19.4. The lowest BCUT2D eigenvalue weighted by Crippen LogP contribution is -2.48. The SMILES string of the molecule is CCc1ccc(C2CNCCN2C(=O)c2cccc(C(=O)N(C)C)c2)cc1.Cl. The van der Waals surface area contributed by atoms with Crippen molar-refractivity contribution in [3.05, 3.63) is 70.8 Å². The first-order valence-electron chi connectivity index (χ1n) is 9.43. The van der Waals surface area contributed by atoms with Crippen molar-refractivity contribution in [3.63, 3.8) is 0 Å². The highest BCUT2D eigenvalue weighted by molar-refractivity contribution is 5.99. The number of carbonyl (C=O) groups excluding carboxylic acids is 2. The zero-order valence-electron chi connectivity index (χ0n) is 16.6. The third-order valence-corrected chi connectivity index (χ3v) is 5.04. The second kappa shape index (κ2) is 9.71. The van der Waals surface area contributed by atoms with E-state index in [1.807, 2.05) is 4.90 Å². The largest absolute Gasteiger partial charge is 0.345 e. The molecule has 0 saturated carbocycles. The molecule has 2 amide bonds. The van der Waals surface area contributed by atoms with E-state index < -0.39 is 0 Å². The first kappa shape index (κ1) is 21.9. The normalized spacial score (nSPS) is 16.2. The van der Waals surface area contributed by atoms with Gasteiger partial charge in [0, 0.05) is 44.9 Å². The van der Waals surface area contributed by atoms with Gasteiger partial charge in [0.15, 0.2) is 0 Å². The molecule has 1 N–H and O–H groups in total. The van der Waals surface area contributed by atoms with E-state index in [0.717, 1.165) is 25.1 Å². The smallest absolute Gasteiger partial charge is 0.254 e. The number of piperazine rings is 1. The molecular weight excluding hydrogens is 374 g/mol. The van der Waals surface area contributed by atoms with Crippen LogP contribution in [0.3, 0.4) is 0 Å². The summed E-state index contributed by atoms with van der Waals surface area (Å²) in [5.41, 5.74) is 3.51. The van der Waals surface area contributed by atoms with Crippen LogP contribution in [-0.4, -0.2) is 55.3 Å². The first-order valence-corrected chi connectivity index (χ1v) is 9.43. The Morgan fingerprint density at radius 2 is 1.79 bits per heavy atom. The average molecular weight is 402 g/mol. The minimum absolute atomic E-state index is 0. The average Bonchev–Trinajstić information content (AvgIpc) is 2.72. The van der Waals surface area contributed by atoms with Gasteiger partial charge in [-0.3, -0.25) is 9.59 Å². The Hall–Kier alpha value is -2.37. The molecule has 2 aromatic carbocycles. The summed E-state index contributed by atoms with van der Waals surface area (Å²) in [6, 6.07) is 15.5. The summed E-state index contributed by atoms with van der Waals surface area (Å²) >= 11 is 0. The predicted molar refractivity (Wildman–Crippen MR) is 114 cm³/mol. The van der Waals surface area contributed by atoms with Gasteiger partial charge in [0.1, 0.15) is 0 Å². The van der Waals surface area contributed by atoms with Gasteiger partial charge in [-0.05, 0) is 35.7 Å². The van der Waals surface area contributed by atoms with E-state index in [4.69, 9.17) is 0 Å². The molecule has 0 spiro atoms. The van der Waals surface area contributed by atoms with Crippen LogP contribution >= 0.6 is 12.4 Å². The summed E-state index contributed by atoms with van der Waals surface area (Å²) in [4.78, 5) is 28.9. The number of carbonyl (C=O) groups is 2. The molecule has 1 saturated heterocycles. The van der Waals surface area contributed by atoms with Crippen LogP contribution in [0.2, 0.25) is 0 Å². The molecule has 1 unspecified atom stereocenters. The molecule has 1 fully saturated rings. The van der Waals surface area contributed by atoms with Crippen molar-refractivity contribution in [1.82, 2.24) is 15.1 Å². The molecule has 0 radical (unpaired) electrons. The molecular formula is C22H28ClN3O2. The molecule has 1 heterocycles. The monoisotopic (exact) mass is 401 g/mol. The van der Waals surface area contributed by atoms with E-state index in [-0.39, 0.29) is 30.3 Å². The quantitative estimate of drug-likeness (QED) is 0.856. The lowest BCUT2D eigenvalue weighted by Gasteiger charge is -2.36. The third kappa shape index (κ3) is 4.72. The minimum atomic E-state index is -0.100. The summed E-state index contributed by atoms with van der Waals surface area (Å²) in [6.45, 7) is 4.28. The maximum atomic E-state index is 13.2. The molecule has 28 heavy (non-hydrogen) atoms. The fourth-order valence-electron chi connectivity index (χ4n) is 3.43. The topological polar surface area (TPSA) is 52.7 Å². The molecule has 0 aromatic heterocycles. The van der Waals surface area contributed by atoms with Gasteiger partial charge in [-0.25, -0.2) is 0 Å². The van der Waals surface area contributed by atoms with Gasteiger partial charge in [-0.2, -0.15) is 0 Å². The second-order valence-electron chi connectivity index (χ2n) is 7.09. The van der Waals surface area contributed by atoms with Gasteiger partial charge < -0.3 is 15.1 Å². The van der Waals surface area contributed by atoms with Crippen LogP contribution in [0.25, 0.3) is 0 Å². The number of nitrogens with zero attached hydrogens (tertiary/aromatic N) is 2. The fraction of sp³-hybridized carbons (Fsp3) is 0.364. The molecule has 6 heteroatoms. The predicted octanol–water partition coefficient (Wildman–Crippen LogP) is 3.16. The Bertz CT molecular complexity index is 821. The molecule has 5 nitrogen and oxygen atoms in total. The summed E-state index contributed by atoms with van der Waals surface area (Å²) in [5, 5.41) is 3.39. The summed E-state index contributed by atoms with van der Waals surface area (Å²) in [6.07, 6.45) is 0.999. The number of aryl methyl sites for hydroxylation is 1. The third-order valence-electron chi connectivity index (χ3n) is 5.04. The number of rotatable bonds is 4. The molecule has 1 atom stereocenters. The van der Waals surface area contributed by atoms with Gasteiger partial charge in [0.2, 0.25) is 0 Å². The van der Waals surface area contributed by atoms with Crippen molar-refractivity contribution >= 4 is 24.2 Å². The number of halogens is 1. The Balaban J connectivity index is 0.00000280. The molecule has 1 aliphatic rings. The van der Waals surface area contributed by atoms with Crippen LogP contribution in [-0.2, 0) is 6.42 Å². The van der Waals surface area contributed by atoms with Crippen LogP contribution in [0.5, 0.6) is 0 Å². The number of amides is 2.